The number of aromatic hydroxyl groups is 1. The maximum atomic E-state index is 16.0. The van der Waals surface area contributed by atoms with E-state index < -0.39 is 298 Å². The number of fused-ring (bicyclic) bond motifs is 4. The highest BCUT2D eigenvalue weighted by molar-refractivity contribution is 8.00. The molecule has 0 unspecified atom stereocenters. The number of nitrogens with two attached hydrogens (primary N) is 3. The van der Waals surface area contributed by atoms with Gasteiger partial charge < -0.3 is 151 Å². The number of aliphatic hydroxyl groups excluding tert-OH is 6. The number of aliphatic carboxylic acids is 1. The smallest absolute Gasteiger partial charge is 0.323 e. The summed E-state index contributed by atoms with van der Waals surface area (Å²) >= 11 is 0.758. The minimum Gasteiger partial charge on any atom is -0.508 e. The molecule has 3 aromatic carbocycles. The van der Waals surface area contributed by atoms with E-state index in [9.17, 15) is 79.2 Å². The van der Waals surface area contributed by atoms with Crippen LogP contribution in [0, 0.1) is 11.8 Å². The van der Waals surface area contributed by atoms with Crippen molar-refractivity contribution in [3.8, 4) is 5.75 Å². The SMILES string of the molecule is CCCC[C@H]1C(=O)N(C)[C@@H](CCCC)C(=O)N[C@@H](CC(C)C)C(=O)N[C@H](C(=O)NCC(N)=O)CSCC(=O)N[C@@H](Cc2ccc(O)cc2)C(=O)N(C)[C@@H](C)C(=O)N[C@@H](CC(N)=O)C(=O)N2CCC[C@H]2C(=O)N[C@@H](CNC[C@H](O)[C@@H](O)[C@@H](O)[C@H](O)CO)C(=O)N[C@@H](CC(C)C)C(=O)N2C[C@H](O)C[C@H]2C(=O)N[C@@H](Cc2c[nH]c3ccccc23)C(=O)N[C@@H](CCN)C(=O)N[C@@H](Cc2cn(CC(=O)O)c3ccccc23)C(=O)N1C. The number of phenols is 1. The highest BCUT2D eigenvalue weighted by Gasteiger charge is 2.47. The number of amides is 17. The van der Waals surface area contributed by atoms with Gasteiger partial charge in [-0.1, -0.05) is 116 Å². The first-order valence-electron chi connectivity index (χ1n) is 48.8. The van der Waals surface area contributed by atoms with Crippen LogP contribution in [-0.4, -0.2) is 375 Å². The number of para-hydroxylation sites is 2. The zero-order valence-corrected chi connectivity index (χ0v) is 84.2. The number of nitrogens with zero attached hydrogens (tertiary/aromatic N) is 6. The summed E-state index contributed by atoms with van der Waals surface area (Å²) in [6.07, 6.45) is -8.23. The van der Waals surface area contributed by atoms with Crippen LogP contribution in [0.5, 0.6) is 5.75 Å². The number of nitrogens with one attached hydrogen (secondary N) is 12. The van der Waals surface area contributed by atoms with Gasteiger partial charge in [0.25, 0.3) is 0 Å². The summed E-state index contributed by atoms with van der Waals surface area (Å²) < 4.78 is 1.42. The molecule has 0 saturated carbocycles. The number of phenolic OH excluding ortho intramolecular Hbond substituents is 1. The molecule has 2 aromatic heterocycles. The molecular weight excluding hydrogens is 1910 g/mol. The fourth-order valence-corrected chi connectivity index (χ4v) is 18.7. The van der Waals surface area contributed by atoms with Crippen molar-refractivity contribution in [1.29, 1.82) is 0 Å². The molecule has 0 bridgehead atoms. The van der Waals surface area contributed by atoms with Crippen LogP contribution >= 0.6 is 11.8 Å². The lowest BCUT2D eigenvalue weighted by atomic mass is 9.99. The Balaban J connectivity index is 1.24. The average molecular weight is 2050 g/mol. The van der Waals surface area contributed by atoms with Crippen LogP contribution in [0.4, 0.5) is 0 Å². The molecule has 5 aromatic rings. The van der Waals surface area contributed by atoms with E-state index in [1.54, 1.807) is 82.4 Å². The molecule has 17 amide bonds. The third-order valence-corrected chi connectivity index (χ3v) is 26.9. The average Bonchev–Trinajstić information content (AvgIpc) is 1.64. The number of aromatic nitrogens is 2. The van der Waals surface area contributed by atoms with E-state index in [0.717, 1.165) is 36.3 Å². The zero-order chi connectivity index (χ0) is 107. The summed E-state index contributed by atoms with van der Waals surface area (Å²) in [4.78, 5) is 273. The Morgan fingerprint density at radius 3 is 1.74 bits per heavy atom. The maximum Gasteiger partial charge on any atom is 0.323 e. The van der Waals surface area contributed by atoms with Crippen LogP contribution in [0.15, 0.2) is 85.2 Å². The fraction of sp³-hybridized carbons (Fsp3) is 0.588. The van der Waals surface area contributed by atoms with Gasteiger partial charge in [-0.2, -0.15) is 0 Å². The third-order valence-electron chi connectivity index (χ3n) is 25.9. The van der Waals surface area contributed by atoms with Gasteiger partial charge in [-0.15, -0.1) is 11.8 Å². The standard InChI is InChI=1S/C97H143N21O26S/c1-11-13-23-72-90(137)106-63(34-51(3)4)87(134)112-70(85(132)103-44-79(100)125)49-145-50-80(126)104-66(36-54-27-29-57(120)30-28-54)93(140)113(8)53(7)84(131)108-68(40-78(99)124)95(142)117-33-19-26-73(117)91(138)111-69(42-101-43-76(122)82(129)83(130)77(123)48-119)89(136)109-65(35-52(5)6)96(143)118-46-58(121)39-75(118)92(139)107-64(37-55-41-102-61-22-17-15-20-59(55)61)88(135)105-62(31-32-98)86(133)110-67(94(141)115(10)74(24-14-12-2)97(144)114(72)9)38-56-45-116(47-81(127)128)71-25-18-16-21-60(56)71/h15-18,20-22,25,27-30,41,45,51-53,58,62-70,72-77,82-83,101-102,119-123,129-130H,11-14,19,23-24,26,31-40,42-44,46-50,98H2,1-10H3,(H2,99,124)(H2,100,125)(H,103,132)(H,104,126)(H,105,135)(H,106,137)(H,107,139)(H,108,131)(H,109,136)(H,110,133)(H,111,138)(H,112,134)(H,127,128)/t53-,58+,62-,63-,64-,65-,66-,67-,68-,69-,70-,72-,73-,74-,75-,76-,77+,82+,83-/m0/s1. The number of unbranched alkanes of at least 4 members (excludes halogenated alkanes) is 2. The lowest BCUT2D eigenvalue weighted by molar-refractivity contribution is -0.149. The van der Waals surface area contributed by atoms with Crippen molar-refractivity contribution in [2.45, 2.75) is 273 Å². The molecule has 0 spiro atoms. The maximum absolute atomic E-state index is 16.0. The Labute approximate surface area is 843 Å². The Kier molecular flexibility index (Phi) is 45.2. The number of aliphatic hydroxyl groups is 6. The second kappa shape index (κ2) is 55.9. The Hall–Kier alpha value is -13.0. The van der Waals surface area contributed by atoms with Gasteiger partial charge in [0.15, 0.2) is 0 Å². The van der Waals surface area contributed by atoms with E-state index >= 15 is 47.9 Å². The molecule has 48 heteroatoms. The highest BCUT2D eigenvalue weighted by atomic mass is 32.2. The van der Waals surface area contributed by atoms with Gasteiger partial charge in [-0.05, 0) is 111 Å². The predicted molar refractivity (Wildman–Crippen MR) is 530 cm³/mol. The van der Waals surface area contributed by atoms with Gasteiger partial charge in [0.1, 0.15) is 115 Å². The molecule has 3 fully saturated rings. The number of carboxylic acids is 1. The van der Waals surface area contributed by atoms with E-state index in [4.69, 9.17) is 17.2 Å². The van der Waals surface area contributed by atoms with Crippen LogP contribution < -0.4 is 75.7 Å². The fourth-order valence-electron chi connectivity index (χ4n) is 17.8. The number of likely N-dealkylation sites (N-methyl/N-ethyl adjacent to an activating group) is 3. The minimum absolute atomic E-state index is 0.0194. The van der Waals surface area contributed by atoms with Crippen molar-refractivity contribution < 1.29 is 127 Å². The monoisotopic (exact) mass is 2050 g/mol. The molecule has 19 atom stereocenters. The first-order valence-corrected chi connectivity index (χ1v) is 50.0. The van der Waals surface area contributed by atoms with Gasteiger partial charge in [0, 0.05) is 113 Å². The van der Waals surface area contributed by atoms with Gasteiger partial charge in [-0.25, -0.2) is 0 Å². The zero-order valence-electron chi connectivity index (χ0n) is 83.3. The van der Waals surface area contributed by atoms with Crippen molar-refractivity contribution in [2.24, 2.45) is 29.0 Å². The number of primary amides is 2. The molecule has 3 aliphatic heterocycles. The number of carbonyl (C=O) groups is 18. The van der Waals surface area contributed by atoms with Crippen molar-refractivity contribution in [3.63, 3.8) is 0 Å². The molecule has 3 aliphatic rings. The molecule has 5 heterocycles. The van der Waals surface area contributed by atoms with Crippen molar-refractivity contribution >= 4 is 140 Å². The number of benzene rings is 3. The van der Waals surface area contributed by atoms with Crippen LogP contribution in [0.2, 0.25) is 0 Å². The number of carboxylic acid groups (broad SMARTS) is 1. The summed E-state index contributed by atoms with van der Waals surface area (Å²) in [6, 6.07) is -3.62. The normalized spacial score (nSPS) is 24.9. The number of H-pyrrole nitrogens is 1. The van der Waals surface area contributed by atoms with Crippen LogP contribution in [0.1, 0.15) is 149 Å². The van der Waals surface area contributed by atoms with Crippen molar-refractivity contribution in [2.75, 3.05) is 78.5 Å². The molecule has 8 rings (SSSR count). The number of carbonyl (C=O) groups excluding carboxylic acids is 17. The Morgan fingerprint density at radius 1 is 0.552 bits per heavy atom. The molecule has 798 valence electrons. The van der Waals surface area contributed by atoms with E-state index in [1.165, 1.54) is 63.1 Å². The first-order chi connectivity index (χ1) is 68.7. The summed E-state index contributed by atoms with van der Waals surface area (Å²) in [5, 5.41) is 114. The highest BCUT2D eigenvalue weighted by Crippen LogP contribution is 2.29. The summed E-state index contributed by atoms with van der Waals surface area (Å²) in [6.45, 7) is 6.87. The van der Waals surface area contributed by atoms with Gasteiger partial charge >= 0.3 is 5.97 Å². The molecule has 0 radical (unpaired) electrons. The molecule has 3 saturated heterocycles. The summed E-state index contributed by atoms with van der Waals surface area (Å²) in [5.74, 6) is -20.1. The van der Waals surface area contributed by atoms with E-state index in [2.05, 4.69) is 63.5 Å². The number of hydrogen-bond donors (Lipinski definition) is 23. The lowest BCUT2D eigenvalue weighted by Gasteiger charge is -2.36. The lowest BCUT2D eigenvalue weighted by Crippen LogP contribution is -2.62. The third kappa shape index (κ3) is 33.3. The predicted octanol–water partition coefficient (Wildman–Crippen LogP) is -5.17. The minimum atomic E-state index is -2.14. The molecule has 47 nitrogen and oxygen atoms in total. The number of hydrogen-bond acceptors (Lipinski definition) is 28. The number of thioether (sulfide) groups is 1. The molecule has 26 N–H and O–H groups in total. The molecule has 145 heavy (non-hydrogen) atoms. The number of rotatable bonds is 33. The second-order valence-electron chi connectivity index (χ2n) is 38.0. The number of aromatic amines is 1. The van der Waals surface area contributed by atoms with Gasteiger partial charge in [-0.3, -0.25) is 86.3 Å². The quantitative estimate of drug-likeness (QED) is 0.0187. The summed E-state index contributed by atoms with van der Waals surface area (Å²) in [7, 11) is 3.84. The van der Waals surface area contributed by atoms with Crippen molar-refractivity contribution in [3.05, 3.63) is 102 Å². The molecule has 0 aliphatic carbocycles. The van der Waals surface area contributed by atoms with Crippen LogP contribution in [0.3, 0.4) is 0 Å². The van der Waals surface area contributed by atoms with Gasteiger partial charge in [0.2, 0.25) is 100 Å². The van der Waals surface area contributed by atoms with Crippen LogP contribution in [0.25, 0.3) is 21.8 Å². The van der Waals surface area contributed by atoms with E-state index in [1.807, 2.05) is 13.8 Å². The topological polar surface area (TPSA) is 716 Å². The first kappa shape index (κ1) is 117. The second-order valence-corrected chi connectivity index (χ2v) is 39.1. The van der Waals surface area contributed by atoms with Crippen molar-refractivity contribution in [1.82, 2.24) is 92.5 Å². The van der Waals surface area contributed by atoms with E-state index in [0.29, 0.717) is 64.2 Å². The van der Waals surface area contributed by atoms with E-state index in [-0.39, 0.29) is 82.5 Å². The largest absolute Gasteiger partial charge is 0.508 e. The Morgan fingerprint density at radius 2 is 1.10 bits per heavy atom. The summed E-state index contributed by atoms with van der Waals surface area (Å²) in [5.41, 5.74) is 19.6. The molecular formula is C97H143N21O26S. The van der Waals surface area contributed by atoms with Gasteiger partial charge in [0.05, 0.1) is 37.5 Å². The Bertz CT molecular complexity index is 5350. The van der Waals surface area contributed by atoms with Crippen LogP contribution in [-0.2, 0) is 112 Å².